The molecule has 2 atom stereocenters. The fraction of sp³-hybridized carbons (Fsp3) is 0.130. The van der Waals surface area contributed by atoms with Gasteiger partial charge in [-0.1, -0.05) is 30.3 Å². The molecule has 29 heavy (non-hydrogen) atoms. The van der Waals surface area contributed by atoms with Gasteiger partial charge in [-0.2, -0.15) is 0 Å². The molecule has 1 saturated carbocycles. The Kier molecular flexibility index (Phi) is 4.99. The third-order valence-corrected chi connectivity index (χ3v) is 5.03. The lowest BCUT2D eigenvalue weighted by molar-refractivity contribution is -0.117. The van der Waals surface area contributed by atoms with Gasteiger partial charge in [0.15, 0.2) is 0 Å². The van der Waals surface area contributed by atoms with Gasteiger partial charge in [0.1, 0.15) is 5.82 Å². The average Bonchev–Trinajstić information content (AvgIpc) is 3.52. The molecule has 0 saturated heterocycles. The van der Waals surface area contributed by atoms with E-state index in [9.17, 15) is 14.0 Å². The molecular weight excluding hydrogens is 369 g/mol. The third-order valence-electron chi connectivity index (χ3n) is 5.03. The van der Waals surface area contributed by atoms with Crippen LogP contribution in [0.25, 0.3) is 0 Å². The molecule has 0 spiro atoms. The highest BCUT2D eigenvalue weighted by Gasteiger charge is 2.43. The molecule has 4 rings (SSSR count). The second-order valence-corrected chi connectivity index (χ2v) is 7.11. The van der Waals surface area contributed by atoms with Gasteiger partial charge in [-0.15, -0.1) is 0 Å². The first-order valence-corrected chi connectivity index (χ1v) is 9.33. The molecule has 1 aliphatic rings. The zero-order valence-electron chi connectivity index (χ0n) is 15.6. The maximum absolute atomic E-state index is 13.1. The first kappa shape index (κ1) is 18.7. The van der Waals surface area contributed by atoms with Crippen LogP contribution < -0.4 is 16.4 Å². The lowest BCUT2D eigenvalue weighted by Crippen LogP contribution is -2.15. The fourth-order valence-electron chi connectivity index (χ4n) is 3.34. The molecule has 0 bridgehead atoms. The van der Waals surface area contributed by atoms with Crippen molar-refractivity contribution in [1.82, 2.24) is 0 Å². The Morgan fingerprint density at radius 2 is 1.66 bits per heavy atom. The maximum atomic E-state index is 13.1. The summed E-state index contributed by atoms with van der Waals surface area (Å²) in [5.41, 5.74) is 8.42. The highest BCUT2D eigenvalue weighted by atomic mass is 19.1. The quantitative estimate of drug-likeness (QED) is 0.566. The van der Waals surface area contributed by atoms with E-state index in [0.717, 1.165) is 12.5 Å². The lowest BCUT2D eigenvalue weighted by Gasteiger charge is -2.09. The number of carbonyl (C=O) groups excluding carboxylic acids is 2. The van der Waals surface area contributed by atoms with Crippen LogP contribution in [0.2, 0.25) is 0 Å². The minimum absolute atomic E-state index is 0.0184. The molecule has 5 nitrogen and oxygen atoms in total. The van der Waals surface area contributed by atoms with E-state index in [-0.39, 0.29) is 29.3 Å². The summed E-state index contributed by atoms with van der Waals surface area (Å²) in [6, 6.07) is 20.4. The Hall–Kier alpha value is -3.67. The van der Waals surface area contributed by atoms with Crippen LogP contribution in [0, 0.1) is 11.7 Å². The molecule has 3 aromatic rings. The first-order chi connectivity index (χ1) is 14.0. The molecule has 0 aromatic heterocycles. The van der Waals surface area contributed by atoms with Crippen LogP contribution in [0.3, 0.4) is 0 Å². The number of nitrogens with one attached hydrogen (secondary N) is 2. The normalized spacial score (nSPS) is 17.4. The molecule has 2 unspecified atom stereocenters. The van der Waals surface area contributed by atoms with Crippen LogP contribution >= 0.6 is 0 Å². The van der Waals surface area contributed by atoms with Gasteiger partial charge in [0.2, 0.25) is 5.91 Å². The molecule has 1 aliphatic carbocycles. The van der Waals surface area contributed by atoms with Gasteiger partial charge in [0, 0.05) is 17.2 Å². The summed E-state index contributed by atoms with van der Waals surface area (Å²) < 4.78 is 13.1. The number of amides is 2. The first-order valence-electron chi connectivity index (χ1n) is 9.33. The third kappa shape index (κ3) is 4.27. The predicted molar refractivity (Wildman–Crippen MR) is 111 cm³/mol. The minimum Gasteiger partial charge on any atom is -0.397 e. The zero-order chi connectivity index (χ0) is 20.4. The van der Waals surface area contributed by atoms with Crippen molar-refractivity contribution in [2.75, 3.05) is 16.4 Å². The SMILES string of the molecule is Nc1cc(F)ccc1NC(=O)c1ccc(NC(=O)C2CC2c2ccccc2)cc1. The topological polar surface area (TPSA) is 84.2 Å². The summed E-state index contributed by atoms with van der Waals surface area (Å²) in [4.78, 5) is 24.8. The number of rotatable bonds is 5. The Bertz CT molecular complexity index is 1050. The van der Waals surface area contributed by atoms with E-state index in [1.54, 1.807) is 24.3 Å². The summed E-state index contributed by atoms with van der Waals surface area (Å²) in [5.74, 6) is -0.613. The van der Waals surface area contributed by atoms with Gasteiger partial charge in [0.25, 0.3) is 5.91 Å². The van der Waals surface area contributed by atoms with Crippen LogP contribution in [-0.4, -0.2) is 11.8 Å². The van der Waals surface area contributed by atoms with Crippen molar-refractivity contribution in [2.24, 2.45) is 5.92 Å². The molecule has 0 aliphatic heterocycles. The van der Waals surface area contributed by atoms with E-state index in [0.29, 0.717) is 16.9 Å². The van der Waals surface area contributed by atoms with Crippen molar-refractivity contribution >= 4 is 28.9 Å². The highest BCUT2D eigenvalue weighted by molar-refractivity contribution is 6.06. The van der Waals surface area contributed by atoms with Crippen LogP contribution in [0.4, 0.5) is 21.5 Å². The second kappa shape index (κ2) is 7.75. The molecule has 4 N–H and O–H groups in total. The smallest absolute Gasteiger partial charge is 0.255 e. The number of anilines is 3. The summed E-state index contributed by atoms with van der Waals surface area (Å²) in [6.45, 7) is 0. The van der Waals surface area contributed by atoms with Gasteiger partial charge in [-0.05, 0) is 60.4 Å². The van der Waals surface area contributed by atoms with E-state index in [1.807, 2.05) is 30.3 Å². The van der Waals surface area contributed by atoms with E-state index in [4.69, 9.17) is 5.73 Å². The van der Waals surface area contributed by atoms with Crippen LogP contribution in [0.15, 0.2) is 72.8 Å². The van der Waals surface area contributed by atoms with Gasteiger partial charge >= 0.3 is 0 Å². The van der Waals surface area contributed by atoms with Crippen molar-refractivity contribution in [2.45, 2.75) is 12.3 Å². The van der Waals surface area contributed by atoms with Crippen molar-refractivity contribution in [3.63, 3.8) is 0 Å². The maximum Gasteiger partial charge on any atom is 0.255 e. The monoisotopic (exact) mass is 389 g/mol. The average molecular weight is 389 g/mol. The Morgan fingerprint density at radius 3 is 2.34 bits per heavy atom. The molecular formula is C23H20FN3O2. The summed E-state index contributed by atoms with van der Waals surface area (Å²) in [7, 11) is 0. The van der Waals surface area contributed by atoms with Crippen LogP contribution in [0.5, 0.6) is 0 Å². The minimum atomic E-state index is -0.467. The van der Waals surface area contributed by atoms with Gasteiger partial charge in [0.05, 0.1) is 11.4 Å². The van der Waals surface area contributed by atoms with E-state index in [2.05, 4.69) is 10.6 Å². The summed E-state index contributed by atoms with van der Waals surface area (Å²) >= 11 is 0. The number of halogens is 1. The highest BCUT2D eigenvalue weighted by Crippen LogP contribution is 2.47. The summed E-state index contributed by atoms with van der Waals surface area (Å²) in [5, 5.41) is 5.55. The second-order valence-electron chi connectivity index (χ2n) is 7.11. The number of hydrogen-bond donors (Lipinski definition) is 3. The van der Waals surface area contributed by atoms with Crippen molar-refractivity contribution in [1.29, 1.82) is 0 Å². The molecule has 1 fully saturated rings. The zero-order valence-corrected chi connectivity index (χ0v) is 15.6. The number of nitrogen functional groups attached to an aromatic ring is 1. The van der Waals surface area contributed by atoms with Gasteiger partial charge < -0.3 is 16.4 Å². The Morgan fingerprint density at radius 1 is 0.931 bits per heavy atom. The number of benzene rings is 3. The largest absolute Gasteiger partial charge is 0.397 e. The molecule has 6 heteroatoms. The van der Waals surface area contributed by atoms with E-state index < -0.39 is 5.82 Å². The van der Waals surface area contributed by atoms with E-state index in [1.165, 1.54) is 17.7 Å². The standard InChI is InChI=1S/C23H20FN3O2/c24-16-8-11-21(20(25)12-16)27-22(28)15-6-9-17(10-7-15)26-23(29)19-13-18(19)14-4-2-1-3-5-14/h1-12,18-19H,13,25H2,(H,26,29)(H,27,28). The number of hydrogen-bond acceptors (Lipinski definition) is 3. The van der Waals surface area contributed by atoms with Gasteiger partial charge in [-0.3, -0.25) is 9.59 Å². The van der Waals surface area contributed by atoms with Crippen molar-refractivity contribution in [3.8, 4) is 0 Å². The number of nitrogens with two attached hydrogens (primary N) is 1. The molecule has 146 valence electrons. The van der Waals surface area contributed by atoms with E-state index >= 15 is 0 Å². The molecule has 0 heterocycles. The van der Waals surface area contributed by atoms with Gasteiger partial charge in [-0.25, -0.2) is 4.39 Å². The summed E-state index contributed by atoms with van der Waals surface area (Å²) in [6.07, 6.45) is 0.843. The Balaban J connectivity index is 1.35. The number of carbonyl (C=O) groups is 2. The van der Waals surface area contributed by atoms with Crippen LogP contribution in [-0.2, 0) is 4.79 Å². The lowest BCUT2D eigenvalue weighted by atomic mass is 10.1. The fourth-order valence-corrected chi connectivity index (χ4v) is 3.34. The Labute approximate surface area is 167 Å². The molecule has 0 radical (unpaired) electrons. The molecule has 3 aromatic carbocycles. The van der Waals surface area contributed by atoms with Crippen molar-refractivity contribution in [3.05, 3.63) is 89.7 Å². The molecule has 2 amide bonds. The van der Waals surface area contributed by atoms with Crippen LogP contribution in [0.1, 0.15) is 28.3 Å². The predicted octanol–water partition coefficient (Wildman–Crippen LogP) is 4.40. The van der Waals surface area contributed by atoms with Crippen molar-refractivity contribution < 1.29 is 14.0 Å².